The molecule has 0 amide bonds. The Morgan fingerprint density at radius 1 is 1.20 bits per heavy atom. The summed E-state index contributed by atoms with van der Waals surface area (Å²) >= 11 is 6.01. The molecule has 2 rings (SSSR count). The Morgan fingerprint density at radius 3 is 2.55 bits per heavy atom. The van der Waals surface area contributed by atoms with Gasteiger partial charge in [0, 0.05) is 0 Å². The molecule has 0 spiro atoms. The van der Waals surface area contributed by atoms with Gasteiger partial charge in [-0.2, -0.15) is 0 Å². The number of hydrogen-bond acceptors (Lipinski definition) is 3. The molecule has 0 aromatic heterocycles. The molecule has 4 nitrogen and oxygen atoms in total. The topological polar surface area (TPSA) is 69.4 Å². The van der Waals surface area contributed by atoms with Gasteiger partial charge in [0.15, 0.2) is 0 Å². The number of hydrogen-bond donors (Lipinski definition) is 1. The van der Waals surface area contributed by atoms with Crippen molar-refractivity contribution >= 4 is 21.6 Å². The van der Waals surface area contributed by atoms with Crippen LogP contribution in [0.5, 0.6) is 11.5 Å². The average molecular weight is 312 g/mol. The largest absolute Gasteiger partial charge is 0.456 e. The summed E-state index contributed by atoms with van der Waals surface area (Å²) in [6, 6.07) is 11.7. The maximum absolute atomic E-state index is 11.2. The Balaban J connectivity index is 2.30. The first-order chi connectivity index (χ1) is 9.40. The molecule has 0 unspecified atom stereocenters. The van der Waals surface area contributed by atoms with E-state index < -0.39 is 10.0 Å². The van der Waals surface area contributed by atoms with Crippen LogP contribution >= 0.6 is 11.6 Å². The standard InChI is InChI=1S/C14H14ClNO3S/c1-2-10-4-3-5-11(8-10)19-14-7-6-12(9-13(14)15)20(16,17)18/h3-9H,2H2,1H3,(H2,16,17,18). The highest BCUT2D eigenvalue weighted by Crippen LogP contribution is 2.31. The van der Waals surface area contributed by atoms with Crippen molar-refractivity contribution in [3.8, 4) is 11.5 Å². The number of benzene rings is 2. The summed E-state index contributed by atoms with van der Waals surface area (Å²) in [5.74, 6) is 1.03. The van der Waals surface area contributed by atoms with E-state index in [9.17, 15) is 8.42 Å². The molecule has 0 radical (unpaired) electrons. The fraction of sp³-hybridized carbons (Fsp3) is 0.143. The van der Waals surface area contributed by atoms with E-state index in [-0.39, 0.29) is 9.92 Å². The lowest BCUT2D eigenvalue weighted by Gasteiger charge is -2.09. The Bertz CT molecular complexity index is 729. The molecule has 0 aliphatic rings. The summed E-state index contributed by atoms with van der Waals surface area (Å²) in [5.41, 5.74) is 1.14. The van der Waals surface area contributed by atoms with E-state index in [2.05, 4.69) is 0 Å². The van der Waals surface area contributed by atoms with Crippen LogP contribution in [0.3, 0.4) is 0 Å². The van der Waals surface area contributed by atoms with Crippen molar-refractivity contribution in [1.29, 1.82) is 0 Å². The van der Waals surface area contributed by atoms with E-state index in [0.717, 1.165) is 12.0 Å². The van der Waals surface area contributed by atoms with Gasteiger partial charge in [-0.1, -0.05) is 30.7 Å². The van der Waals surface area contributed by atoms with E-state index >= 15 is 0 Å². The van der Waals surface area contributed by atoms with Gasteiger partial charge in [0.25, 0.3) is 0 Å². The number of halogens is 1. The maximum Gasteiger partial charge on any atom is 0.238 e. The van der Waals surface area contributed by atoms with Gasteiger partial charge < -0.3 is 4.74 Å². The van der Waals surface area contributed by atoms with Crippen LogP contribution in [0.15, 0.2) is 47.4 Å². The van der Waals surface area contributed by atoms with Crippen LogP contribution in [-0.4, -0.2) is 8.42 Å². The second kappa shape index (κ2) is 5.83. The molecular weight excluding hydrogens is 298 g/mol. The lowest BCUT2D eigenvalue weighted by molar-refractivity contribution is 0.482. The zero-order valence-corrected chi connectivity index (χ0v) is 12.4. The molecule has 0 atom stereocenters. The van der Waals surface area contributed by atoms with Crippen molar-refractivity contribution in [3.05, 3.63) is 53.1 Å². The first-order valence-electron chi connectivity index (χ1n) is 5.99. The van der Waals surface area contributed by atoms with Crippen molar-refractivity contribution in [2.75, 3.05) is 0 Å². The summed E-state index contributed by atoms with van der Waals surface area (Å²) in [4.78, 5) is -0.0443. The highest BCUT2D eigenvalue weighted by Gasteiger charge is 2.11. The number of rotatable bonds is 4. The fourth-order valence-corrected chi connectivity index (χ4v) is 2.52. The zero-order valence-electron chi connectivity index (χ0n) is 10.8. The van der Waals surface area contributed by atoms with Crippen molar-refractivity contribution in [2.24, 2.45) is 5.14 Å². The van der Waals surface area contributed by atoms with Crippen molar-refractivity contribution in [1.82, 2.24) is 0 Å². The van der Waals surface area contributed by atoms with Crippen LogP contribution in [0.1, 0.15) is 12.5 Å². The molecule has 0 bridgehead atoms. The molecule has 2 N–H and O–H groups in total. The fourth-order valence-electron chi connectivity index (χ4n) is 1.70. The summed E-state index contributed by atoms with van der Waals surface area (Å²) < 4.78 is 28.1. The Labute approximate surface area is 123 Å². The molecule has 0 aliphatic heterocycles. The van der Waals surface area contributed by atoms with Crippen molar-refractivity contribution in [3.63, 3.8) is 0 Å². The van der Waals surface area contributed by atoms with Crippen LogP contribution in [0.25, 0.3) is 0 Å². The molecule has 2 aromatic carbocycles. The first-order valence-corrected chi connectivity index (χ1v) is 7.91. The number of sulfonamides is 1. The molecule has 20 heavy (non-hydrogen) atoms. The van der Waals surface area contributed by atoms with Crippen LogP contribution < -0.4 is 9.88 Å². The third-order valence-corrected chi connectivity index (χ3v) is 3.97. The SMILES string of the molecule is CCc1cccc(Oc2ccc(S(N)(=O)=O)cc2Cl)c1. The summed E-state index contributed by atoms with van der Waals surface area (Å²) in [5, 5.41) is 5.23. The predicted octanol–water partition coefficient (Wildman–Crippen LogP) is 3.34. The molecule has 0 heterocycles. The lowest BCUT2D eigenvalue weighted by Crippen LogP contribution is -2.11. The van der Waals surface area contributed by atoms with Gasteiger partial charge in [-0.25, -0.2) is 13.6 Å². The smallest absolute Gasteiger partial charge is 0.238 e. The van der Waals surface area contributed by atoms with Gasteiger partial charge >= 0.3 is 0 Å². The summed E-state index contributed by atoms with van der Waals surface area (Å²) in [7, 11) is -3.77. The van der Waals surface area contributed by atoms with E-state index in [1.54, 1.807) is 0 Å². The van der Waals surface area contributed by atoms with Gasteiger partial charge in [0.05, 0.1) is 9.92 Å². The normalized spacial score (nSPS) is 11.3. The molecule has 0 saturated carbocycles. The van der Waals surface area contributed by atoms with Gasteiger partial charge in [0.1, 0.15) is 11.5 Å². The second-order valence-corrected chi connectivity index (χ2v) is 6.21. The van der Waals surface area contributed by atoms with E-state index in [4.69, 9.17) is 21.5 Å². The Hall–Kier alpha value is -1.56. The second-order valence-electron chi connectivity index (χ2n) is 4.24. The minimum atomic E-state index is -3.77. The van der Waals surface area contributed by atoms with Crippen LogP contribution in [0.4, 0.5) is 0 Å². The zero-order chi connectivity index (χ0) is 14.8. The highest BCUT2D eigenvalue weighted by atomic mass is 35.5. The van der Waals surface area contributed by atoms with E-state index in [1.165, 1.54) is 18.2 Å². The number of ether oxygens (including phenoxy) is 1. The molecule has 0 saturated heterocycles. The number of nitrogens with two attached hydrogens (primary N) is 1. The third kappa shape index (κ3) is 3.50. The number of primary sulfonamides is 1. The van der Waals surface area contributed by atoms with Gasteiger partial charge in [-0.3, -0.25) is 0 Å². The van der Waals surface area contributed by atoms with Gasteiger partial charge in [-0.15, -0.1) is 0 Å². The minimum absolute atomic E-state index is 0.0443. The molecule has 0 fully saturated rings. The minimum Gasteiger partial charge on any atom is -0.456 e. The van der Waals surface area contributed by atoms with Gasteiger partial charge in [0.2, 0.25) is 10.0 Å². The molecule has 106 valence electrons. The van der Waals surface area contributed by atoms with E-state index in [1.807, 2.05) is 31.2 Å². The molecule has 6 heteroatoms. The van der Waals surface area contributed by atoms with Gasteiger partial charge in [-0.05, 0) is 42.3 Å². The molecule has 2 aromatic rings. The lowest BCUT2D eigenvalue weighted by atomic mass is 10.2. The van der Waals surface area contributed by atoms with Crippen LogP contribution in [0, 0.1) is 0 Å². The monoisotopic (exact) mass is 311 g/mol. The molecule has 0 aliphatic carbocycles. The quantitative estimate of drug-likeness (QED) is 0.941. The Morgan fingerprint density at radius 2 is 1.95 bits per heavy atom. The molecular formula is C14H14ClNO3S. The van der Waals surface area contributed by atoms with Crippen molar-refractivity contribution < 1.29 is 13.2 Å². The summed E-state index contributed by atoms with van der Waals surface area (Å²) in [6.07, 6.45) is 0.898. The van der Waals surface area contributed by atoms with Crippen molar-refractivity contribution in [2.45, 2.75) is 18.2 Å². The Kier molecular flexibility index (Phi) is 4.32. The highest BCUT2D eigenvalue weighted by molar-refractivity contribution is 7.89. The number of aryl methyl sites for hydroxylation is 1. The van der Waals surface area contributed by atoms with Crippen LogP contribution in [0.2, 0.25) is 5.02 Å². The third-order valence-electron chi connectivity index (χ3n) is 2.77. The first kappa shape index (κ1) is 14.8. The van der Waals surface area contributed by atoms with E-state index in [0.29, 0.717) is 11.5 Å². The maximum atomic E-state index is 11.2. The average Bonchev–Trinajstić information content (AvgIpc) is 2.40. The summed E-state index contributed by atoms with van der Waals surface area (Å²) in [6.45, 7) is 2.05. The van der Waals surface area contributed by atoms with Crippen LogP contribution in [-0.2, 0) is 16.4 Å². The predicted molar refractivity (Wildman–Crippen MR) is 78.7 cm³/mol.